The molecule has 564 valence electrons. The van der Waals surface area contributed by atoms with Crippen molar-refractivity contribution < 1.29 is 80.2 Å². The maximum Gasteiger partial charge on any atom is 0.472 e. The molecule has 19 heteroatoms. The van der Waals surface area contributed by atoms with Gasteiger partial charge in [-0.05, 0) is 43.4 Å². The second-order valence-corrected chi connectivity index (χ2v) is 31.5. The van der Waals surface area contributed by atoms with E-state index in [-0.39, 0.29) is 25.7 Å². The lowest BCUT2D eigenvalue weighted by atomic mass is 10.00. The van der Waals surface area contributed by atoms with Gasteiger partial charge in [0.05, 0.1) is 26.4 Å². The average Bonchev–Trinajstić information content (AvgIpc) is 1.20. The molecule has 0 fully saturated rings. The number of carbonyl (C=O) groups is 4. The van der Waals surface area contributed by atoms with Gasteiger partial charge in [-0.1, -0.05) is 337 Å². The second-order valence-electron chi connectivity index (χ2n) is 28.6. The molecule has 0 radical (unpaired) electrons. The number of carbonyl (C=O) groups excluding carboxylic acids is 4. The number of rotatable bonds is 74. The fourth-order valence-corrected chi connectivity index (χ4v) is 13.1. The maximum absolute atomic E-state index is 13.1. The number of hydrogen-bond acceptors (Lipinski definition) is 15. The summed E-state index contributed by atoms with van der Waals surface area (Å²) in [5.74, 6) is 0.144. The van der Waals surface area contributed by atoms with E-state index in [1.807, 2.05) is 0 Å². The molecule has 0 rings (SSSR count). The highest BCUT2D eigenvalue weighted by Crippen LogP contribution is 2.45. The summed E-state index contributed by atoms with van der Waals surface area (Å²) in [6, 6.07) is 0. The van der Waals surface area contributed by atoms with E-state index in [1.165, 1.54) is 193 Å². The number of phosphoric ester groups is 2. The standard InChI is InChI=1S/C76H148O17P2/c1-8-10-11-12-13-14-15-16-17-18-22-25-30-35-43-50-57-73(78)86-63-71(92-75(80)59-52-45-36-31-26-23-20-19-21-24-28-33-40-47-54-67(3)4)65-90-94(82,83)88-61-70(77)62-89-95(84,85)91-66-72(64-87-74(79)58-51-44-39-38-42-49-56-69(7)9-2)93-76(81)60-53-46-37-32-27-29-34-41-48-55-68(5)6/h67-72,77H,8-66H2,1-7H3,(H,82,83)(H,84,85)/t69?,70-,71-,72-/m1/s1. The predicted octanol–water partition coefficient (Wildman–Crippen LogP) is 22.2. The van der Waals surface area contributed by atoms with Crippen LogP contribution in [0.1, 0.15) is 389 Å². The highest BCUT2D eigenvalue weighted by atomic mass is 31.2. The summed E-state index contributed by atoms with van der Waals surface area (Å²) >= 11 is 0. The summed E-state index contributed by atoms with van der Waals surface area (Å²) < 4.78 is 68.5. The van der Waals surface area contributed by atoms with Gasteiger partial charge >= 0.3 is 39.5 Å². The first kappa shape index (κ1) is 93.1. The van der Waals surface area contributed by atoms with Crippen LogP contribution in [-0.2, 0) is 65.4 Å². The lowest BCUT2D eigenvalue weighted by Crippen LogP contribution is -2.30. The quantitative estimate of drug-likeness (QED) is 0.0222. The van der Waals surface area contributed by atoms with Crippen LogP contribution in [0, 0.1) is 17.8 Å². The second kappa shape index (κ2) is 66.6. The van der Waals surface area contributed by atoms with Crippen molar-refractivity contribution in [3.8, 4) is 0 Å². The summed E-state index contributed by atoms with van der Waals surface area (Å²) in [7, 11) is -9.91. The molecule has 0 aliphatic carbocycles. The molecular formula is C76H148O17P2. The minimum Gasteiger partial charge on any atom is -0.462 e. The number of unbranched alkanes of at least 4 members (excludes halogenated alkanes) is 41. The molecule has 17 nitrogen and oxygen atoms in total. The van der Waals surface area contributed by atoms with E-state index in [2.05, 4.69) is 48.5 Å². The Hall–Kier alpha value is -1.94. The third kappa shape index (κ3) is 69.0. The number of aliphatic hydroxyl groups excluding tert-OH is 1. The minimum absolute atomic E-state index is 0.104. The van der Waals surface area contributed by atoms with Crippen molar-refractivity contribution in [3.63, 3.8) is 0 Å². The molecule has 0 aliphatic rings. The molecular weight excluding hydrogens is 1250 g/mol. The van der Waals surface area contributed by atoms with Crippen LogP contribution in [0.5, 0.6) is 0 Å². The number of aliphatic hydroxyl groups is 1. The van der Waals surface area contributed by atoms with E-state index < -0.39 is 97.5 Å². The van der Waals surface area contributed by atoms with Crippen LogP contribution in [-0.4, -0.2) is 96.7 Å². The SMILES string of the molecule is CCCCCCCCCCCCCCCCCCC(=O)OC[C@H](COP(=O)(O)OC[C@@H](O)COP(=O)(O)OC[C@@H](COC(=O)CCCCCCCCC(C)CC)OC(=O)CCCCCCCCCCCC(C)C)OC(=O)CCCCCCCCCCCCCCCCC(C)C. The normalized spacial score (nSPS) is 14.4. The summed E-state index contributed by atoms with van der Waals surface area (Å²) in [5.41, 5.74) is 0. The zero-order chi connectivity index (χ0) is 70.1. The van der Waals surface area contributed by atoms with E-state index in [9.17, 15) is 43.2 Å². The third-order valence-corrected chi connectivity index (χ3v) is 19.9. The van der Waals surface area contributed by atoms with Crippen molar-refractivity contribution >= 4 is 39.5 Å². The van der Waals surface area contributed by atoms with Crippen LogP contribution in [0.15, 0.2) is 0 Å². The van der Waals surface area contributed by atoms with E-state index in [0.717, 1.165) is 114 Å². The Morgan fingerprint density at radius 1 is 0.305 bits per heavy atom. The Morgan fingerprint density at radius 2 is 0.537 bits per heavy atom. The van der Waals surface area contributed by atoms with Crippen molar-refractivity contribution in [2.45, 2.75) is 407 Å². The number of phosphoric acid groups is 2. The largest absolute Gasteiger partial charge is 0.472 e. The summed E-state index contributed by atoms with van der Waals surface area (Å²) in [4.78, 5) is 72.8. The first-order chi connectivity index (χ1) is 45.8. The van der Waals surface area contributed by atoms with Crippen molar-refractivity contribution in [1.82, 2.24) is 0 Å². The fraction of sp³-hybridized carbons (Fsp3) is 0.947. The monoisotopic (exact) mass is 1400 g/mol. The minimum atomic E-state index is -4.96. The molecule has 0 aliphatic heterocycles. The van der Waals surface area contributed by atoms with Crippen LogP contribution in [0.3, 0.4) is 0 Å². The van der Waals surface area contributed by atoms with E-state index in [0.29, 0.717) is 25.7 Å². The van der Waals surface area contributed by atoms with Gasteiger partial charge in [-0.2, -0.15) is 0 Å². The Bertz CT molecular complexity index is 1850. The first-order valence-electron chi connectivity index (χ1n) is 39.4. The molecule has 0 aromatic rings. The predicted molar refractivity (Wildman–Crippen MR) is 386 cm³/mol. The Labute approximate surface area is 581 Å². The highest BCUT2D eigenvalue weighted by Gasteiger charge is 2.30. The van der Waals surface area contributed by atoms with Crippen molar-refractivity contribution in [3.05, 3.63) is 0 Å². The van der Waals surface area contributed by atoms with Gasteiger partial charge in [0.15, 0.2) is 12.2 Å². The van der Waals surface area contributed by atoms with Gasteiger partial charge in [-0.25, -0.2) is 9.13 Å². The number of esters is 4. The van der Waals surface area contributed by atoms with Crippen LogP contribution in [0.2, 0.25) is 0 Å². The first-order valence-corrected chi connectivity index (χ1v) is 42.4. The molecule has 0 aromatic carbocycles. The highest BCUT2D eigenvalue weighted by molar-refractivity contribution is 7.47. The molecule has 3 N–H and O–H groups in total. The molecule has 0 amide bonds. The van der Waals surface area contributed by atoms with E-state index in [4.69, 9.17) is 37.0 Å². The maximum atomic E-state index is 13.1. The van der Waals surface area contributed by atoms with Gasteiger partial charge in [-0.3, -0.25) is 37.3 Å². The fourth-order valence-electron chi connectivity index (χ4n) is 11.6. The van der Waals surface area contributed by atoms with Crippen LogP contribution < -0.4 is 0 Å². The average molecular weight is 1400 g/mol. The lowest BCUT2D eigenvalue weighted by molar-refractivity contribution is -0.161. The molecule has 0 spiro atoms. The number of hydrogen-bond donors (Lipinski definition) is 3. The molecule has 0 saturated carbocycles. The van der Waals surface area contributed by atoms with Crippen molar-refractivity contribution in [2.75, 3.05) is 39.6 Å². The van der Waals surface area contributed by atoms with Gasteiger partial charge in [-0.15, -0.1) is 0 Å². The molecule has 95 heavy (non-hydrogen) atoms. The van der Waals surface area contributed by atoms with Gasteiger partial charge in [0.25, 0.3) is 0 Å². The van der Waals surface area contributed by atoms with Gasteiger partial charge in [0, 0.05) is 25.7 Å². The molecule has 0 aromatic heterocycles. The zero-order valence-electron chi connectivity index (χ0n) is 62.1. The van der Waals surface area contributed by atoms with Gasteiger partial charge in [0.1, 0.15) is 19.3 Å². The van der Waals surface area contributed by atoms with Gasteiger partial charge < -0.3 is 33.8 Å². The third-order valence-electron chi connectivity index (χ3n) is 18.0. The van der Waals surface area contributed by atoms with Crippen molar-refractivity contribution in [2.24, 2.45) is 17.8 Å². The topological polar surface area (TPSA) is 237 Å². The molecule has 6 atom stereocenters. The summed E-state index contributed by atoms with van der Waals surface area (Å²) in [5, 5.41) is 10.6. The van der Waals surface area contributed by atoms with Crippen LogP contribution in [0.25, 0.3) is 0 Å². The molecule has 0 heterocycles. The molecule has 3 unspecified atom stereocenters. The smallest absolute Gasteiger partial charge is 0.462 e. The summed E-state index contributed by atoms with van der Waals surface area (Å²) in [6.07, 6.45) is 52.7. The van der Waals surface area contributed by atoms with Gasteiger partial charge in [0.2, 0.25) is 0 Å². The van der Waals surface area contributed by atoms with Crippen LogP contribution >= 0.6 is 15.6 Å². The Kier molecular flexibility index (Phi) is 65.2. The van der Waals surface area contributed by atoms with E-state index >= 15 is 0 Å². The van der Waals surface area contributed by atoms with Crippen molar-refractivity contribution in [1.29, 1.82) is 0 Å². The summed E-state index contributed by atoms with van der Waals surface area (Å²) in [6.45, 7) is 11.9. The zero-order valence-corrected chi connectivity index (χ0v) is 63.9. The Balaban J connectivity index is 5.25. The number of ether oxygens (including phenoxy) is 4. The molecule has 0 bridgehead atoms. The van der Waals surface area contributed by atoms with E-state index in [1.54, 1.807) is 0 Å². The molecule has 0 saturated heterocycles. The lowest BCUT2D eigenvalue weighted by Gasteiger charge is -2.21. The Morgan fingerprint density at radius 3 is 0.800 bits per heavy atom. The van der Waals surface area contributed by atoms with Crippen LogP contribution in [0.4, 0.5) is 0 Å².